The smallest absolute Gasteiger partial charge is 0.389 e. The molecule has 0 aromatic rings. The van der Waals surface area contributed by atoms with E-state index in [2.05, 4.69) is 0 Å². The van der Waals surface area contributed by atoms with E-state index in [1.165, 1.54) is 0 Å². The van der Waals surface area contributed by atoms with Crippen LogP contribution in [0.1, 0.15) is 39.0 Å². The number of carboxylic acids is 1. The average molecular weight is 281 g/mol. The molecule has 0 aromatic carbocycles. The summed E-state index contributed by atoms with van der Waals surface area (Å²) in [6.45, 7) is 3.92. The van der Waals surface area contributed by atoms with Crippen molar-refractivity contribution in [2.75, 3.05) is 19.6 Å². The van der Waals surface area contributed by atoms with Gasteiger partial charge < -0.3 is 10.0 Å². The van der Waals surface area contributed by atoms with Crippen LogP contribution in [0.15, 0.2) is 0 Å². The minimum atomic E-state index is -4.08. The topological polar surface area (TPSA) is 40.5 Å². The van der Waals surface area contributed by atoms with Gasteiger partial charge in [-0.3, -0.25) is 4.79 Å². The lowest BCUT2D eigenvalue weighted by Crippen LogP contribution is -2.39. The molecule has 3 nitrogen and oxygen atoms in total. The van der Waals surface area contributed by atoms with E-state index in [1.54, 1.807) is 0 Å². The highest BCUT2D eigenvalue weighted by Gasteiger charge is 2.28. The first-order valence-electron chi connectivity index (χ1n) is 6.79. The summed E-state index contributed by atoms with van der Waals surface area (Å²) in [7, 11) is 0. The van der Waals surface area contributed by atoms with E-state index >= 15 is 0 Å². The summed E-state index contributed by atoms with van der Waals surface area (Å²) >= 11 is 0. The van der Waals surface area contributed by atoms with Gasteiger partial charge in [-0.05, 0) is 44.2 Å². The Balaban J connectivity index is 2.31. The molecule has 19 heavy (non-hydrogen) atoms. The summed E-state index contributed by atoms with van der Waals surface area (Å²) in [5, 5.41) is 8.77. The number of halogens is 3. The maximum Gasteiger partial charge on any atom is 0.389 e. The lowest BCUT2D eigenvalue weighted by atomic mass is 9.84. The fraction of sp³-hybridized carbons (Fsp3) is 0.923. The first-order chi connectivity index (χ1) is 8.78. The van der Waals surface area contributed by atoms with E-state index in [1.807, 2.05) is 11.8 Å². The zero-order valence-corrected chi connectivity index (χ0v) is 11.2. The van der Waals surface area contributed by atoms with Gasteiger partial charge in [-0.2, -0.15) is 13.2 Å². The number of aliphatic carboxylic acids is 1. The van der Waals surface area contributed by atoms with Crippen LogP contribution < -0.4 is 0 Å². The van der Waals surface area contributed by atoms with Crippen molar-refractivity contribution in [3.8, 4) is 0 Å². The molecule has 2 atom stereocenters. The summed E-state index contributed by atoms with van der Waals surface area (Å²) < 4.78 is 36.2. The summed E-state index contributed by atoms with van der Waals surface area (Å²) in [6, 6.07) is 0. The van der Waals surface area contributed by atoms with Crippen LogP contribution in [0.25, 0.3) is 0 Å². The number of alkyl halides is 3. The van der Waals surface area contributed by atoms with Crippen molar-refractivity contribution in [3.63, 3.8) is 0 Å². The number of likely N-dealkylation sites (tertiary alicyclic amines) is 1. The van der Waals surface area contributed by atoms with Gasteiger partial charge in [0.25, 0.3) is 0 Å². The van der Waals surface area contributed by atoms with Crippen LogP contribution in [0.5, 0.6) is 0 Å². The van der Waals surface area contributed by atoms with Crippen LogP contribution in [0, 0.1) is 11.8 Å². The third-order valence-corrected chi connectivity index (χ3v) is 3.78. The Kier molecular flexibility index (Phi) is 6.10. The molecule has 0 aromatic heterocycles. The van der Waals surface area contributed by atoms with Gasteiger partial charge >= 0.3 is 12.1 Å². The van der Waals surface area contributed by atoms with Crippen molar-refractivity contribution in [1.82, 2.24) is 4.90 Å². The van der Waals surface area contributed by atoms with Gasteiger partial charge in [-0.1, -0.05) is 6.92 Å². The number of nitrogens with zero attached hydrogens (tertiary/aromatic N) is 1. The Hall–Kier alpha value is -0.780. The fourth-order valence-electron chi connectivity index (χ4n) is 2.70. The third kappa shape index (κ3) is 6.80. The Morgan fingerprint density at radius 1 is 1.47 bits per heavy atom. The van der Waals surface area contributed by atoms with E-state index in [-0.39, 0.29) is 24.7 Å². The van der Waals surface area contributed by atoms with Gasteiger partial charge in [-0.25, -0.2) is 0 Å². The Labute approximate surface area is 111 Å². The van der Waals surface area contributed by atoms with Crippen molar-refractivity contribution in [2.45, 2.75) is 45.2 Å². The molecule has 0 amide bonds. The van der Waals surface area contributed by atoms with Gasteiger partial charge in [0.1, 0.15) is 0 Å². The molecule has 112 valence electrons. The number of hydrogen-bond donors (Lipinski definition) is 1. The van der Waals surface area contributed by atoms with Crippen LogP contribution in [0.4, 0.5) is 13.2 Å². The monoisotopic (exact) mass is 281 g/mol. The minimum Gasteiger partial charge on any atom is -0.481 e. The zero-order chi connectivity index (χ0) is 14.5. The number of hydrogen-bond acceptors (Lipinski definition) is 2. The van der Waals surface area contributed by atoms with Gasteiger partial charge in [-0.15, -0.1) is 0 Å². The summed E-state index contributed by atoms with van der Waals surface area (Å²) in [4.78, 5) is 12.7. The second-order valence-corrected chi connectivity index (χ2v) is 5.50. The van der Waals surface area contributed by atoms with Gasteiger partial charge in [0.05, 0.1) is 0 Å². The molecule has 0 saturated carbocycles. The third-order valence-electron chi connectivity index (χ3n) is 3.78. The van der Waals surface area contributed by atoms with Crippen molar-refractivity contribution in [2.24, 2.45) is 11.8 Å². The number of carboxylic acid groups (broad SMARTS) is 1. The molecule has 2 unspecified atom stereocenters. The predicted molar refractivity (Wildman–Crippen MR) is 65.9 cm³/mol. The van der Waals surface area contributed by atoms with Gasteiger partial charge in [0.15, 0.2) is 0 Å². The van der Waals surface area contributed by atoms with Crippen molar-refractivity contribution in [3.05, 3.63) is 0 Å². The van der Waals surface area contributed by atoms with Gasteiger partial charge in [0.2, 0.25) is 0 Å². The summed E-state index contributed by atoms with van der Waals surface area (Å²) in [5.41, 5.74) is 0. The molecule has 0 bridgehead atoms. The Morgan fingerprint density at radius 3 is 2.74 bits per heavy atom. The Bertz CT molecular complexity index is 294. The fourth-order valence-corrected chi connectivity index (χ4v) is 2.70. The van der Waals surface area contributed by atoms with Crippen LogP contribution in [0.3, 0.4) is 0 Å². The molecule has 1 aliphatic rings. The summed E-state index contributed by atoms with van der Waals surface area (Å²) in [6.07, 6.45) is -2.62. The normalized spacial score (nSPS) is 23.3. The second-order valence-electron chi connectivity index (χ2n) is 5.50. The highest BCUT2D eigenvalue weighted by Crippen LogP contribution is 2.27. The molecule has 6 heteroatoms. The van der Waals surface area contributed by atoms with Crippen molar-refractivity contribution in [1.29, 1.82) is 0 Å². The largest absolute Gasteiger partial charge is 0.481 e. The molecular formula is C13H22F3NO2. The van der Waals surface area contributed by atoms with Crippen molar-refractivity contribution < 1.29 is 23.1 Å². The lowest BCUT2D eigenvalue weighted by molar-refractivity contribution is -0.139. The predicted octanol–water partition coefficient (Wildman–Crippen LogP) is 3.15. The minimum absolute atomic E-state index is 0.0860. The Morgan fingerprint density at radius 2 is 2.16 bits per heavy atom. The SMILES string of the molecule is CC(CC(=O)O)C1CCCN(CCCC(F)(F)F)C1. The standard InChI is InChI=1S/C13H22F3NO2/c1-10(8-12(18)19)11-4-2-6-17(9-11)7-3-5-13(14,15)16/h10-11H,2-9H2,1H3,(H,18,19). The van der Waals surface area contributed by atoms with Crippen LogP contribution in [-0.4, -0.2) is 41.8 Å². The van der Waals surface area contributed by atoms with E-state index in [0.29, 0.717) is 6.54 Å². The zero-order valence-electron chi connectivity index (χ0n) is 11.2. The first kappa shape index (κ1) is 16.3. The van der Waals surface area contributed by atoms with Crippen LogP contribution in [0.2, 0.25) is 0 Å². The van der Waals surface area contributed by atoms with E-state index < -0.39 is 18.6 Å². The van der Waals surface area contributed by atoms with E-state index in [0.717, 1.165) is 25.9 Å². The molecule has 0 spiro atoms. The maximum atomic E-state index is 12.1. The van der Waals surface area contributed by atoms with E-state index in [4.69, 9.17) is 5.11 Å². The van der Waals surface area contributed by atoms with E-state index in [9.17, 15) is 18.0 Å². The lowest BCUT2D eigenvalue weighted by Gasteiger charge is -2.35. The number of rotatable bonds is 6. The van der Waals surface area contributed by atoms with Crippen LogP contribution in [-0.2, 0) is 4.79 Å². The highest BCUT2D eigenvalue weighted by atomic mass is 19.4. The number of carbonyl (C=O) groups is 1. The molecule has 0 radical (unpaired) electrons. The quantitative estimate of drug-likeness (QED) is 0.813. The molecule has 1 heterocycles. The molecule has 0 aliphatic carbocycles. The molecular weight excluding hydrogens is 259 g/mol. The molecule has 1 fully saturated rings. The molecule has 1 aliphatic heterocycles. The maximum absolute atomic E-state index is 12.1. The second kappa shape index (κ2) is 7.12. The first-order valence-corrected chi connectivity index (χ1v) is 6.79. The molecule has 1 rings (SSSR count). The van der Waals surface area contributed by atoms with Crippen LogP contribution >= 0.6 is 0 Å². The number of piperidine rings is 1. The summed E-state index contributed by atoms with van der Waals surface area (Å²) in [5.74, 6) is -0.430. The highest BCUT2D eigenvalue weighted by molar-refractivity contribution is 5.66. The van der Waals surface area contributed by atoms with Gasteiger partial charge in [0, 0.05) is 19.4 Å². The average Bonchev–Trinajstić information content (AvgIpc) is 2.26. The molecule has 1 saturated heterocycles. The molecule has 1 N–H and O–H groups in total. The van der Waals surface area contributed by atoms with Crippen molar-refractivity contribution >= 4 is 5.97 Å².